The normalized spacial score (nSPS) is 11.6. The van der Waals surface area contributed by atoms with Crippen LogP contribution in [0.25, 0.3) is 0 Å². The molecule has 4 nitrogen and oxygen atoms in total. The number of carbonyl (C=O) groups is 1. The SMILES string of the molecule is CCC(=O)NCOCO[Si](c1ccccc1)c1ccc(C(C)(C)C)cc1. The van der Waals surface area contributed by atoms with E-state index in [0.717, 1.165) is 0 Å². The van der Waals surface area contributed by atoms with E-state index in [1.165, 1.54) is 15.9 Å². The van der Waals surface area contributed by atoms with E-state index in [-0.39, 0.29) is 24.8 Å². The summed E-state index contributed by atoms with van der Waals surface area (Å²) in [4.78, 5) is 11.2. The average Bonchev–Trinajstić information content (AvgIpc) is 2.64. The van der Waals surface area contributed by atoms with Gasteiger partial charge in [-0.15, -0.1) is 0 Å². The zero-order valence-corrected chi connectivity index (χ0v) is 17.0. The number of ether oxygens (including phenoxy) is 1. The molecule has 0 bridgehead atoms. The van der Waals surface area contributed by atoms with E-state index in [4.69, 9.17) is 9.16 Å². The van der Waals surface area contributed by atoms with Crippen molar-refractivity contribution in [3.63, 3.8) is 0 Å². The molecule has 0 atom stereocenters. The summed E-state index contributed by atoms with van der Waals surface area (Å²) in [5, 5.41) is 5.02. The molecule has 0 saturated carbocycles. The van der Waals surface area contributed by atoms with Gasteiger partial charge in [-0.05, 0) is 21.4 Å². The molecule has 0 fully saturated rings. The standard InChI is InChI=1S/C21H28NO3Si/c1-5-20(23)22-15-24-16-25-26(18-9-7-6-8-10-18)19-13-11-17(12-14-19)21(2,3)4/h6-14H,5,15-16H2,1-4H3,(H,22,23). The minimum absolute atomic E-state index is 0.0311. The van der Waals surface area contributed by atoms with Crippen LogP contribution in [-0.2, 0) is 19.4 Å². The quantitative estimate of drug-likeness (QED) is 0.441. The Balaban J connectivity index is 2.06. The van der Waals surface area contributed by atoms with E-state index >= 15 is 0 Å². The summed E-state index contributed by atoms with van der Waals surface area (Å²) >= 11 is 0. The molecule has 0 aliphatic rings. The van der Waals surface area contributed by atoms with E-state index in [9.17, 15) is 4.79 Å². The van der Waals surface area contributed by atoms with E-state index in [1.54, 1.807) is 0 Å². The van der Waals surface area contributed by atoms with Crippen LogP contribution in [0.1, 0.15) is 39.7 Å². The molecule has 1 amide bonds. The molecule has 0 saturated heterocycles. The number of nitrogens with one attached hydrogen (secondary N) is 1. The zero-order chi connectivity index (χ0) is 19.0. The van der Waals surface area contributed by atoms with Crippen LogP contribution in [0, 0.1) is 0 Å². The Kier molecular flexibility index (Phi) is 7.57. The molecule has 0 unspecified atom stereocenters. The molecule has 0 aromatic heterocycles. The Morgan fingerprint density at radius 1 is 1.00 bits per heavy atom. The predicted molar refractivity (Wildman–Crippen MR) is 107 cm³/mol. The van der Waals surface area contributed by atoms with E-state index in [1.807, 2.05) is 25.1 Å². The first kappa shape index (κ1) is 20.4. The highest BCUT2D eigenvalue weighted by atomic mass is 28.3. The molecule has 2 aromatic rings. The third-order valence-electron chi connectivity index (χ3n) is 4.03. The van der Waals surface area contributed by atoms with Crippen LogP contribution in [0.2, 0.25) is 0 Å². The molecular weight excluding hydrogens is 342 g/mol. The Labute approximate surface area is 158 Å². The highest BCUT2D eigenvalue weighted by Crippen LogP contribution is 2.20. The molecule has 5 heteroatoms. The maximum absolute atomic E-state index is 11.2. The fourth-order valence-electron chi connectivity index (χ4n) is 2.44. The molecule has 1 radical (unpaired) electrons. The van der Waals surface area contributed by atoms with Crippen molar-refractivity contribution in [2.75, 3.05) is 13.5 Å². The van der Waals surface area contributed by atoms with Crippen LogP contribution in [0.3, 0.4) is 0 Å². The van der Waals surface area contributed by atoms with Gasteiger partial charge in [-0.1, -0.05) is 82.3 Å². The van der Waals surface area contributed by atoms with Crippen molar-refractivity contribution in [3.05, 3.63) is 60.2 Å². The number of carbonyl (C=O) groups excluding carboxylic acids is 1. The van der Waals surface area contributed by atoms with Gasteiger partial charge in [0.05, 0.1) is 0 Å². The van der Waals surface area contributed by atoms with Crippen molar-refractivity contribution in [2.45, 2.75) is 39.5 Å². The zero-order valence-electron chi connectivity index (χ0n) is 16.0. The highest BCUT2D eigenvalue weighted by molar-refractivity contribution is 6.80. The van der Waals surface area contributed by atoms with Crippen LogP contribution in [0.4, 0.5) is 0 Å². The third-order valence-corrected chi connectivity index (χ3v) is 6.15. The minimum atomic E-state index is -1.40. The summed E-state index contributed by atoms with van der Waals surface area (Å²) in [6, 6.07) is 18.9. The minimum Gasteiger partial charge on any atom is -0.384 e. The van der Waals surface area contributed by atoms with Crippen molar-refractivity contribution in [1.29, 1.82) is 0 Å². The van der Waals surface area contributed by atoms with Gasteiger partial charge in [0.15, 0.2) is 0 Å². The van der Waals surface area contributed by atoms with Crippen molar-refractivity contribution >= 4 is 25.3 Å². The number of benzene rings is 2. The average molecular weight is 371 g/mol. The molecule has 1 N–H and O–H groups in total. The Hall–Kier alpha value is -1.95. The second kappa shape index (κ2) is 9.66. The summed E-state index contributed by atoms with van der Waals surface area (Å²) in [7, 11) is -1.40. The number of hydrogen-bond acceptors (Lipinski definition) is 3. The molecular formula is C21H28NO3Si. The molecule has 2 aromatic carbocycles. The van der Waals surface area contributed by atoms with E-state index in [0.29, 0.717) is 6.42 Å². The van der Waals surface area contributed by atoms with Crippen molar-refractivity contribution in [3.8, 4) is 0 Å². The van der Waals surface area contributed by atoms with Gasteiger partial charge in [0.2, 0.25) is 5.91 Å². The molecule has 0 aliphatic heterocycles. The Morgan fingerprint density at radius 3 is 2.19 bits per heavy atom. The van der Waals surface area contributed by atoms with Crippen molar-refractivity contribution in [2.24, 2.45) is 0 Å². The number of rotatable bonds is 8. The lowest BCUT2D eigenvalue weighted by atomic mass is 9.87. The lowest BCUT2D eigenvalue weighted by molar-refractivity contribution is -0.123. The fourth-order valence-corrected chi connectivity index (χ4v) is 4.28. The van der Waals surface area contributed by atoms with Gasteiger partial charge in [0.1, 0.15) is 13.5 Å². The van der Waals surface area contributed by atoms with Crippen molar-refractivity contribution in [1.82, 2.24) is 5.32 Å². The summed E-state index contributed by atoms with van der Waals surface area (Å²) in [5.74, 6) is -0.0311. The predicted octanol–water partition coefficient (Wildman–Crippen LogP) is 2.56. The highest BCUT2D eigenvalue weighted by Gasteiger charge is 2.21. The van der Waals surface area contributed by atoms with Gasteiger partial charge in [0.25, 0.3) is 9.04 Å². The molecule has 26 heavy (non-hydrogen) atoms. The molecule has 2 rings (SSSR count). The molecule has 0 spiro atoms. The van der Waals surface area contributed by atoms with Gasteiger partial charge in [0, 0.05) is 6.42 Å². The van der Waals surface area contributed by atoms with Gasteiger partial charge in [-0.3, -0.25) is 4.79 Å². The first-order valence-electron chi connectivity index (χ1n) is 8.92. The van der Waals surface area contributed by atoms with Gasteiger partial charge in [-0.25, -0.2) is 0 Å². The monoisotopic (exact) mass is 370 g/mol. The summed E-state index contributed by atoms with van der Waals surface area (Å²) in [5.41, 5.74) is 1.42. The van der Waals surface area contributed by atoms with Crippen LogP contribution >= 0.6 is 0 Å². The van der Waals surface area contributed by atoms with Crippen LogP contribution in [0.5, 0.6) is 0 Å². The van der Waals surface area contributed by atoms with E-state index in [2.05, 4.69) is 62.5 Å². The van der Waals surface area contributed by atoms with Gasteiger partial charge in [-0.2, -0.15) is 0 Å². The van der Waals surface area contributed by atoms with Gasteiger partial charge < -0.3 is 14.5 Å². The van der Waals surface area contributed by atoms with Crippen molar-refractivity contribution < 1.29 is 14.0 Å². The fraction of sp³-hybridized carbons (Fsp3) is 0.381. The molecule has 0 heterocycles. The summed E-state index contributed by atoms with van der Waals surface area (Å²) in [6.45, 7) is 8.75. The first-order valence-corrected chi connectivity index (χ1v) is 10.3. The lowest BCUT2D eigenvalue weighted by Crippen LogP contribution is -2.45. The largest absolute Gasteiger partial charge is 0.384 e. The molecule has 139 valence electrons. The smallest absolute Gasteiger partial charge is 0.285 e. The van der Waals surface area contributed by atoms with Gasteiger partial charge >= 0.3 is 0 Å². The maximum atomic E-state index is 11.2. The van der Waals surface area contributed by atoms with Crippen LogP contribution in [0.15, 0.2) is 54.6 Å². The second-order valence-electron chi connectivity index (χ2n) is 7.09. The van der Waals surface area contributed by atoms with E-state index < -0.39 is 9.04 Å². The first-order chi connectivity index (χ1) is 12.4. The lowest BCUT2D eigenvalue weighted by Gasteiger charge is -2.21. The summed E-state index contributed by atoms with van der Waals surface area (Å²) in [6.07, 6.45) is 0.448. The summed E-state index contributed by atoms with van der Waals surface area (Å²) < 4.78 is 11.5. The third kappa shape index (κ3) is 6.09. The van der Waals surface area contributed by atoms with Crippen LogP contribution in [-0.4, -0.2) is 28.5 Å². The Morgan fingerprint density at radius 2 is 1.62 bits per heavy atom. The number of amides is 1. The Bertz CT molecular complexity index is 681. The maximum Gasteiger partial charge on any atom is 0.285 e. The van der Waals surface area contributed by atoms with Crippen LogP contribution < -0.4 is 15.7 Å². The second-order valence-corrected chi connectivity index (χ2v) is 9.19. The molecule has 0 aliphatic carbocycles. The topological polar surface area (TPSA) is 47.6 Å². The number of hydrogen-bond donors (Lipinski definition) is 1.